The minimum atomic E-state index is -1.08. The van der Waals surface area contributed by atoms with Gasteiger partial charge in [0.25, 0.3) is 0 Å². The Labute approximate surface area is 398 Å². The molecule has 384 valence electrons. The second-order valence-corrected chi connectivity index (χ2v) is 20.0. The molecule has 0 spiro atoms. The molecule has 8 amide bonds. The molecule has 0 aromatic heterocycles. The van der Waals surface area contributed by atoms with Crippen molar-refractivity contribution >= 4 is 59.6 Å². The third-order valence-corrected chi connectivity index (χ3v) is 11.1. The van der Waals surface area contributed by atoms with Crippen LogP contribution in [0.3, 0.4) is 0 Å². The van der Waals surface area contributed by atoms with Crippen molar-refractivity contribution in [1.29, 1.82) is 0 Å². The van der Waals surface area contributed by atoms with Gasteiger partial charge in [0.15, 0.2) is 0 Å². The molecule has 2 aliphatic carbocycles. The van der Waals surface area contributed by atoms with Crippen molar-refractivity contribution in [2.24, 2.45) is 0 Å². The van der Waals surface area contributed by atoms with Gasteiger partial charge in [0.05, 0.1) is 14.2 Å². The molecule has 0 radical (unpaired) electrons. The number of nitrogens with zero attached hydrogens (tertiary/aromatic N) is 4. The van der Waals surface area contributed by atoms with E-state index >= 15 is 0 Å². The molecule has 4 fully saturated rings. The molecule has 24 heteroatoms. The summed E-state index contributed by atoms with van der Waals surface area (Å²) in [6.45, 7) is 11.0. The minimum absolute atomic E-state index is 0.225. The molecule has 6 N–H and O–H groups in total. The lowest BCUT2D eigenvalue weighted by Gasteiger charge is -2.31. The molecule has 2 heterocycles. The number of amides is 8. The summed E-state index contributed by atoms with van der Waals surface area (Å²) in [6.07, 6.45) is 2.45. The second kappa shape index (κ2) is 24.0. The molecule has 4 rings (SSSR count). The van der Waals surface area contributed by atoms with Gasteiger partial charge in [-0.05, 0) is 121 Å². The summed E-state index contributed by atoms with van der Waals surface area (Å²) in [5, 5.41) is 15.7. The van der Waals surface area contributed by atoms with Crippen LogP contribution in [0.15, 0.2) is 0 Å². The van der Waals surface area contributed by atoms with Crippen molar-refractivity contribution < 1.29 is 66.9 Å². The fourth-order valence-corrected chi connectivity index (χ4v) is 7.50. The summed E-state index contributed by atoms with van der Waals surface area (Å²) in [7, 11) is 9.53. The smallest absolute Gasteiger partial charge is 0.408 e. The summed E-state index contributed by atoms with van der Waals surface area (Å²) in [4.78, 5) is 131. The van der Waals surface area contributed by atoms with E-state index in [0.29, 0.717) is 64.5 Å². The summed E-state index contributed by atoms with van der Waals surface area (Å²) >= 11 is 0. The first-order valence-electron chi connectivity index (χ1n) is 22.8. The van der Waals surface area contributed by atoms with Crippen molar-refractivity contribution in [2.75, 3.05) is 81.7 Å². The second-order valence-electron chi connectivity index (χ2n) is 20.0. The third-order valence-electron chi connectivity index (χ3n) is 11.1. The molecule has 2 saturated heterocycles. The molecule has 0 bridgehead atoms. The number of rotatable bonds is 18. The Hall–Kier alpha value is -5.78. The number of nitrogens with one attached hydrogen (secondary N) is 6. The van der Waals surface area contributed by atoms with Crippen molar-refractivity contribution in [1.82, 2.24) is 51.5 Å². The van der Waals surface area contributed by atoms with E-state index in [1.165, 1.54) is 24.0 Å². The first kappa shape index (κ1) is 56.5. The van der Waals surface area contributed by atoms with Crippen LogP contribution in [-0.2, 0) is 57.3 Å². The topological polar surface area (TPSA) is 293 Å². The third kappa shape index (κ3) is 17.4. The Kier molecular flexibility index (Phi) is 19.9. The lowest BCUT2D eigenvalue weighted by molar-refractivity contribution is -0.143. The van der Waals surface area contributed by atoms with Gasteiger partial charge < -0.3 is 70.4 Å². The van der Waals surface area contributed by atoms with Crippen molar-refractivity contribution in [3.63, 3.8) is 0 Å². The Morgan fingerprint density at radius 1 is 0.574 bits per heavy atom. The highest BCUT2D eigenvalue weighted by molar-refractivity contribution is 5.99. The molecule has 2 aliphatic heterocycles. The first-order valence-corrected chi connectivity index (χ1v) is 22.8. The van der Waals surface area contributed by atoms with Gasteiger partial charge in [0, 0.05) is 26.2 Å². The van der Waals surface area contributed by atoms with Crippen LogP contribution < -0.4 is 31.9 Å². The summed E-state index contributed by atoms with van der Waals surface area (Å²) in [6, 6.07) is -3.33. The fourth-order valence-electron chi connectivity index (χ4n) is 7.50. The molecule has 68 heavy (non-hydrogen) atoms. The Morgan fingerprint density at radius 2 is 0.897 bits per heavy atom. The summed E-state index contributed by atoms with van der Waals surface area (Å²) in [5.74, 6) is -3.75. The van der Waals surface area contributed by atoms with Crippen LogP contribution in [0.1, 0.15) is 92.9 Å². The van der Waals surface area contributed by atoms with E-state index in [9.17, 15) is 47.9 Å². The van der Waals surface area contributed by atoms with Crippen LogP contribution in [-0.4, -0.2) is 207 Å². The molecular formula is C44H74N10O14. The highest BCUT2D eigenvalue weighted by atomic mass is 16.6. The van der Waals surface area contributed by atoms with Crippen LogP contribution in [0.2, 0.25) is 0 Å². The minimum Gasteiger partial charge on any atom is -0.468 e. The van der Waals surface area contributed by atoms with Gasteiger partial charge in [-0.3, -0.25) is 38.4 Å². The Balaban J connectivity index is 0.000000360. The number of likely N-dealkylation sites (tertiary alicyclic amines) is 2. The van der Waals surface area contributed by atoms with Crippen LogP contribution in [0, 0.1) is 0 Å². The lowest BCUT2D eigenvalue weighted by atomic mass is 10.1. The van der Waals surface area contributed by atoms with Crippen LogP contribution >= 0.6 is 0 Å². The van der Waals surface area contributed by atoms with E-state index in [-0.39, 0.29) is 26.2 Å². The van der Waals surface area contributed by atoms with Crippen LogP contribution in [0.25, 0.3) is 0 Å². The van der Waals surface area contributed by atoms with Crippen molar-refractivity contribution in [3.05, 3.63) is 0 Å². The summed E-state index contributed by atoms with van der Waals surface area (Å²) < 4.78 is 19.6. The largest absolute Gasteiger partial charge is 0.468 e. The first-order chi connectivity index (χ1) is 31.6. The monoisotopic (exact) mass is 967 g/mol. The highest BCUT2D eigenvalue weighted by Crippen LogP contribution is 2.37. The number of ether oxygens (including phenoxy) is 4. The zero-order valence-electron chi connectivity index (χ0n) is 41.7. The molecule has 2 saturated carbocycles. The molecule has 0 aromatic rings. The standard InChI is InChI=1S/2C22H37N5O7/c2*1-21(2,3)34-20(32)24-14(13-26(4)5)18(30)27-11-7-8-15(27)17(29)25-22(9-10-22)19(31)23-12-16(28)33-6/h2*14-15H,7-13H2,1-6H3,(H,23,31)(H,24,32)(H,25,29)/t2*14-,15+/m00/s1. The van der Waals surface area contributed by atoms with Gasteiger partial charge in [0.1, 0.15) is 59.5 Å². The lowest BCUT2D eigenvalue weighted by Crippen LogP contribution is -2.59. The van der Waals surface area contributed by atoms with Gasteiger partial charge in [0.2, 0.25) is 35.4 Å². The van der Waals surface area contributed by atoms with E-state index in [1.54, 1.807) is 79.5 Å². The van der Waals surface area contributed by atoms with Crippen molar-refractivity contribution in [3.8, 4) is 0 Å². The van der Waals surface area contributed by atoms with Gasteiger partial charge in [-0.25, -0.2) is 9.59 Å². The maximum Gasteiger partial charge on any atom is 0.408 e. The van der Waals surface area contributed by atoms with E-state index < -0.39 is 106 Å². The predicted octanol–water partition coefficient (Wildman–Crippen LogP) is -1.26. The van der Waals surface area contributed by atoms with Gasteiger partial charge in [-0.1, -0.05) is 0 Å². The fraction of sp³-hybridized carbons (Fsp3) is 0.773. The number of carbonyl (C=O) groups is 10. The Morgan fingerprint density at radius 3 is 1.16 bits per heavy atom. The number of esters is 2. The zero-order valence-corrected chi connectivity index (χ0v) is 41.7. The van der Waals surface area contributed by atoms with E-state index in [4.69, 9.17) is 9.47 Å². The van der Waals surface area contributed by atoms with Gasteiger partial charge in [-0.15, -0.1) is 0 Å². The van der Waals surface area contributed by atoms with Gasteiger partial charge in [-0.2, -0.15) is 0 Å². The molecule has 4 aliphatic rings. The van der Waals surface area contributed by atoms with Crippen LogP contribution in [0.4, 0.5) is 9.59 Å². The summed E-state index contributed by atoms with van der Waals surface area (Å²) in [5.41, 5.74) is -3.61. The Bertz CT molecular complexity index is 1740. The average Bonchev–Trinajstić information content (AvgIpc) is 4.06. The number of carbonyl (C=O) groups excluding carboxylic acids is 10. The number of hydrogen-bond donors (Lipinski definition) is 6. The average molecular weight is 967 g/mol. The molecule has 24 nitrogen and oxygen atoms in total. The quantitative estimate of drug-likeness (QED) is 0.0691. The maximum absolute atomic E-state index is 13.3. The molecule has 4 atom stereocenters. The van der Waals surface area contributed by atoms with E-state index in [1.807, 2.05) is 0 Å². The van der Waals surface area contributed by atoms with Crippen LogP contribution in [0.5, 0.6) is 0 Å². The number of methoxy groups -OCH3 is 2. The predicted molar refractivity (Wildman–Crippen MR) is 243 cm³/mol. The number of alkyl carbamates (subject to hydrolysis) is 2. The van der Waals surface area contributed by atoms with Gasteiger partial charge >= 0.3 is 24.1 Å². The highest BCUT2D eigenvalue weighted by Gasteiger charge is 2.54. The molecular weight excluding hydrogens is 893 g/mol. The normalized spacial score (nSPS) is 19.7. The molecule has 0 aromatic carbocycles. The number of hydrogen-bond acceptors (Lipinski definition) is 16. The SMILES string of the molecule is COC(=O)CNC(=O)C1(NC(=O)[C@H]2CCCN2C(=O)[C@H](CN(C)C)NC(=O)OC(C)(C)C)CC1.COC(=O)CNC(=O)C1(NC(=O)[C@H]2CCCN2C(=O)[C@H](CN(C)C)NC(=O)OC(C)(C)C)CC1. The maximum atomic E-state index is 13.3. The molecule has 0 unspecified atom stereocenters. The van der Waals surface area contributed by atoms with E-state index in [0.717, 1.165) is 0 Å². The van der Waals surface area contributed by atoms with E-state index in [2.05, 4.69) is 41.4 Å². The number of likely N-dealkylation sites (N-methyl/N-ethyl adjacent to an activating group) is 2. The van der Waals surface area contributed by atoms with Crippen molar-refractivity contribution in [2.45, 2.75) is 139 Å². The zero-order chi connectivity index (χ0) is 51.4.